The van der Waals surface area contributed by atoms with Gasteiger partial charge in [-0.2, -0.15) is 0 Å². The maximum absolute atomic E-state index is 12.9. The smallest absolute Gasteiger partial charge is 0.295 e. The number of Topliss-reactive ketones (excluding diaryl/α,β-unsaturated/α-hetero) is 1. The summed E-state index contributed by atoms with van der Waals surface area (Å²) in [6.45, 7) is 1.95. The highest BCUT2D eigenvalue weighted by atomic mass is 16.5. The Hall–Kier alpha value is -3.90. The van der Waals surface area contributed by atoms with Crippen molar-refractivity contribution in [3.63, 3.8) is 0 Å². The summed E-state index contributed by atoms with van der Waals surface area (Å²) in [6.07, 6.45) is 0. The van der Waals surface area contributed by atoms with Crippen LogP contribution in [0.4, 0.5) is 0 Å². The van der Waals surface area contributed by atoms with E-state index in [2.05, 4.69) is 0 Å². The first-order valence-corrected chi connectivity index (χ1v) is 10.7. The molecule has 0 bridgehead atoms. The number of ketones is 1. The van der Waals surface area contributed by atoms with Crippen LogP contribution in [0.25, 0.3) is 5.76 Å². The number of aliphatic hydroxyl groups is 2. The molecule has 3 aromatic carbocycles. The van der Waals surface area contributed by atoms with E-state index in [-0.39, 0.29) is 24.5 Å². The zero-order chi connectivity index (χ0) is 23.4. The molecule has 6 nitrogen and oxygen atoms in total. The predicted octanol–water partition coefficient (Wildman–Crippen LogP) is 3.99. The van der Waals surface area contributed by atoms with E-state index in [0.29, 0.717) is 23.5 Å². The lowest BCUT2D eigenvalue weighted by Crippen LogP contribution is -2.32. The molecule has 168 valence electrons. The highest BCUT2D eigenvalue weighted by Gasteiger charge is 2.45. The van der Waals surface area contributed by atoms with Crippen LogP contribution in [0.3, 0.4) is 0 Å². The molecule has 3 aromatic rings. The molecule has 1 atom stereocenters. The second-order valence-corrected chi connectivity index (χ2v) is 7.93. The number of hydrogen-bond donors (Lipinski definition) is 2. The van der Waals surface area contributed by atoms with Crippen molar-refractivity contribution in [2.45, 2.75) is 19.6 Å². The Morgan fingerprint density at radius 1 is 0.970 bits per heavy atom. The molecular weight excluding hydrogens is 418 g/mol. The van der Waals surface area contributed by atoms with Crippen LogP contribution in [0.1, 0.15) is 28.3 Å². The molecule has 1 unspecified atom stereocenters. The minimum absolute atomic E-state index is 0.00230. The Balaban J connectivity index is 1.73. The average Bonchev–Trinajstić information content (AvgIpc) is 3.09. The third kappa shape index (κ3) is 4.66. The predicted molar refractivity (Wildman–Crippen MR) is 124 cm³/mol. The number of ether oxygens (including phenoxy) is 1. The molecule has 4 rings (SSSR count). The minimum atomic E-state index is -0.835. The summed E-state index contributed by atoms with van der Waals surface area (Å²) in [7, 11) is 0. The topological polar surface area (TPSA) is 87.1 Å². The number of nitrogens with zero attached hydrogens (tertiary/aromatic N) is 1. The summed E-state index contributed by atoms with van der Waals surface area (Å²) in [5.41, 5.74) is 3.07. The number of aryl methyl sites for hydroxylation is 1. The number of carbonyl (C=O) groups is 2. The van der Waals surface area contributed by atoms with E-state index in [4.69, 9.17) is 4.74 Å². The number of carbonyl (C=O) groups excluding carboxylic acids is 2. The highest BCUT2D eigenvalue weighted by Crippen LogP contribution is 2.40. The molecule has 1 saturated heterocycles. The fourth-order valence-electron chi connectivity index (χ4n) is 3.95. The van der Waals surface area contributed by atoms with Crippen LogP contribution in [0.5, 0.6) is 5.75 Å². The lowest BCUT2D eigenvalue weighted by Gasteiger charge is -2.25. The van der Waals surface area contributed by atoms with Gasteiger partial charge >= 0.3 is 0 Å². The molecule has 0 aliphatic carbocycles. The Bertz CT molecular complexity index is 1180. The fraction of sp³-hybridized carbons (Fsp3) is 0.185. The van der Waals surface area contributed by atoms with E-state index in [0.717, 1.165) is 11.1 Å². The van der Waals surface area contributed by atoms with Gasteiger partial charge in [0.15, 0.2) is 0 Å². The molecule has 0 radical (unpaired) electrons. The number of amides is 1. The highest BCUT2D eigenvalue weighted by molar-refractivity contribution is 6.46. The Morgan fingerprint density at radius 2 is 1.70 bits per heavy atom. The second-order valence-electron chi connectivity index (χ2n) is 7.93. The molecule has 1 aliphatic rings. The SMILES string of the molecule is Cc1ccc(/C(O)=C2/C(=O)C(=O)N(CCO)C2c2cccc(OCc3ccccc3)c2)cc1. The molecule has 1 fully saturated rings. The van der Waals surface area contributed by atoms with E-state index in [1.165, 1.54) is 4.90 Å². The first-order valence-electron chi connectivity index (χ1n) is 10.7. The van der Waals surface area contributed by atoms with Gasteiger partial charge < -0.3 is 19.8 Å². The molecule has 1 aliphatic heterocycles. The molecule has 1 heterocycles. The van der Waals surface area contributed by atoms with Crippen molar-refractivity contribution >= 4 is 17.4 Å². The van der Waals surface area contributed by atoms with Gasteiger partial charge in [0.25, 0.3) is 11.7 Å². The zero-order valence-corrected chi connectivity index (χ0v) is 18.3. The number of aliphatic hydroxyl groups excluding tert-OH is 2. The van der Waals surface area contributed by atoms with Crippen molar-refractivity contribution in [3.05, 3.63) is 107 Å². The standard InChI is InChI=1S/C27H25NO5/c1-18-10-12-20(13-11-18)25(30)23-24(28(14-15-29)27(32)26(23)31)21-8-5-9-22(16-21)33-17-19-6-3-2-4-7-19/h2-13,16,24,29-30H,14-15,17H2,1H3/b25-23-. The van der Waals surface area contributed by atoms with E-state index in [9.17, 15) is 19.8 Å². The Morgan fingerprint density at radius 3 is 2.39 bits per heavy atom. The maximum Gasteiger partial charge on any atom is 0.295 e. The quantitative estimate of drug-likeness (QED) is 0.328. The number of hydrogen-bond acceptors (Lipinski definition) is 5. The largest absolute Gasteiger partial charge is 0.507 e. The van der Waals surface area contributed by atoms with Crippen LogP contribution >= 0.6 is 0 Å². The molecule has 0 spiro atoms. The van der Waals surface area contributed by atoms with Gasteiger partial charge in [0, 0.05) is 12.1 Å². The lowest BCUT2D eigenvalue weighted by molar-refractivity contribution is -0.140. The van der Waals surface area contributed by atoms with Gasteiger partial charge in [0.2, 0.25) is 0 Å². The van der Waals surface area contributed by atoms with Crippen LogP contribution in [0.15, 0.2) is 84.4 Å². The van der Waals surface area contributed by atoms with E-state index >= 15 is 0 Å². The van der Waals surface area contributed by atoms with Crippen molar-refractivity contribution in [2.75, 3.05) is 13.2 Å². The Labute approximate surface area is 192 Å². The number of benzene rings is 3. The monoisotopic (exact) mass is 443 g/mol. The molecule has 2 N–H and O–H groups in total. The first-order chi connectivity index (χ1) is 16.0. The van der Waals surface area contributed by atoms with Gasteiger partial charge in [-0.05, 0) is 30.2 Å². The van der Waals surface area contributed by atoms with Crippen molar-refractivity contribution < 1.29 is 24.5 Å². The number of rotatable bonds is 7. The number of likely N-dealkylation sites (tertiary alicyclic amines) is 1. The van der Waals surface area contributed by atoms with Crippen molar-refractivity contribution in [2.24, 2.45) is 0 Å². The summed E-state index contributed by atoms with van der Waals surface area (Å²) >= 11 is 0. The summed E-state index contributed by atoms with van der Waals surface area (Å²) in [6, 6.07) is 23.1. The van der Waals surface area contributed by atoms with Crippen LogP contribution in [0, 0.1) is 6.92 Å². The summed E-state index contributed by atoms with van der Waals surface area (Å²) < 4.78 is 5.92. The molecule has 0 saturated carbocycles. The van der Waals surface area contributed by atoms with E-state index < -0.39 is 17.7 Å². The van der Waals surface area contributed by atoms with Crippen LogP contribution in [0.2, 0.25) is 0 Å². The van der Waals surface area contributed by atoms with Crippen molar-refractivity contribution in [1.29, 1.82) is 0 Å². The van der Waals surface area contributed by atoms with Crippen LogP contribution in [-0.4, -0.2) is 40.0 Å². The van der Waals surface area contributed by atoms with Crippen LogP contribution in [-0.2, 0) is 16.2 Å². The second kappa shape index (κ2) is 9.71. The van der Waals surface area contributed by atoms with Gasteiger partial charge in [0.1, 0.15) is 18.1 Å². The zero-order valence-electron chi connectivity index (χ0n) is 18.3. The molecular formula is C27H25NO5. The van der Waals surface area contributed by atoms with Gasteiger partial charge in [-0.25, -0.2) is 0 Å². The first kappa shape index (κ1) is 22.3. The van der Waals surface area contributed by atoms with Crippen molar-refractivity contribution in [1.82, 2.24) is 4.90 Å². The third-order valence-electron chi connectivity index (χ3n) is 5.63. The molecule has 0 aromatic heterocycles. The summed E-state index contributed by atoms with van der Waals surface area (Å²) in [5, 5.41) is 20.5. The molecule has 1 amide bonds. The van der Waals surface area contributed by atoms with E-state index in [1.54, 1.807) is 36.4 Å². The average molecular weight is 443 g/mol. The normalized spacial score (nSPS) is 17.4. The van der Waals surface area contributed by atoms with Crippen LogP contribution < -0.4 is 4.74 Å². The summed E-state index contributed by atoms with van der Waals surface area (Å²) in [4.78, 5) is 27.0. The third-order valence-corrected chi connectivity index (χ3v) is 5.63. The van der Waals surface area contributed by atoms with Gasteiger partial charge in [-0.1, -0.05) is 72.3 Å². The lowest BCUT2D eigenvalue weighted by atomic mass is 9.95. The fourth-order valence-corrected chi connectivity index (χ4v) is 3.95. The Kier molecular flexibility index (Phi) is 6.56. The van der Waals surface area contributed by atoms with E-state index in [1.807, 2.05) is 49.4 Å². The maximum atomic E-state index is 12.9. The summed E-state index contributed by atoms with van der Waals surface area (Å²) in [5.74, 6) is -1.20. The van der Waals surface area contributed by atoms with Gasteiger partial charge in [0.05, 0.1) is 18.2 Å². The minimum Gasteiger partial charge on any atom is -0.507 e. The molecule has 33 heavy (non-hydrogen) atoms. The van der Waals surface area contributed by atoms with Gasteiger partial charge in [-0.15, -0.1) is 0 Å². The number of β-amino-alcohol motifs (C(OH)–C–C–N with tert-alkyl or cyclic N) is 1. The van der Waals surface area contributed by atoms with Gasteiger partial charge in [-0.3, -0.25) is 9.59 Å². The molecule has 6 heteroatoms. The van der Waals surface area contributed by atoms with Crippen molar-refractivity contribution in [3.8, 4) is 5.75 Å².